The van der Waals surface area contributed by atoms with Gasteiger partial charge in [-0.3, -0.25) is 10.2 Å². The van der Waals surface area contributed by atoms with Gasteiger partial charge in [-0.05, 0) is 20.3 Å². The van der Waals surface area contributed by atoms with Crippen LogP contribution in [0.2, 0.25) is 0 Å². The molecule has 2 heterocycles. The summed E-state index contributed by atoms with van der Waals surface area (Å²) in [7, 11) is 0. The van der Waals surface area contributed by atoms with Gasteiger partial charge in [-0.15, -0.1) is 23.1 Å². The summed E-state index contributed by atoms with van der Waals surface area (Å²) >= 11 is 2.87. The summed E-state index contributed by atoms with van der Waals surface area (Å²) in [5.41, 5.74) is 0.962. The van der Waals surface area contributed by atoms with Crippen molar-refractivity contribution in [2.24, 2.45) is 0 Å². The highest BCUT2D eigenvalue weighted by atomic mass is 32.2. The second kappa shape index (κ2) is 6.01. The largest absolute Gasteiger partial charge is 0.480 e. The maximum atomic E-state index is 12.3. The van der Waals surface area contributed by atoms with Gasteiger partial charge in [0, 0.05) is 10.6 Å². The van der Waals surface area contributed by atoms with E-state index in [4.69, 9.17) is 5.11 Å². The van der Waals surface area contributed by atoms with Crippen LogP contribution in [-0.2, 0) is 11.2 Å². The van der Waals surface area contributed by atoms with Crippen LogP contribution >= 0.6 is 23.1 Å². The Kier molecular flexibility index (Phi) is 4.54. The number of aryl methyl sites for hydroxylation is 2. The summed E-state index contributed by atoms with van der Waals surface area (Å²) < 4.78 is 0. The highest BCUT2D eigenvalue weighted by Crippen LogP contribution is 2.30. The number of rotatable bonds is 3. The Morgan fingerprint density at radius 3 is 2.80 bits per heavy atom. The number of hydrogen-bond donors (Lipinski definition) is 2. The van der Waals surface area contributed by atoms with Crippen LogP contribution in [0.3, 0.4) is 0 Å². The van der Waals surface area contributed by atoms with Crippen molar-refractivity contribution in [1.29, 1.82) is 0 Å². The number of carboxylic acids is 1. The summed E-state index contributed by atoms with van der Waals surface area (Å²) in [4.78, 5) is 30.2. The molecule has 8 heteroatoms. The van der Waals surface area contributed by atoms with Crippen LogP contribution in [0.15, 0.2) is 0 Å². The van der Waals surface area contributed by atoms with Crippen LogP contribution in [0, 0.1) is 6.92 Å². The fraction of sp³-hybridized carbons (Fsp3) is 0.583. The van der Waals surface area contributed by atoms with Crippen molar-refractivity contribution in [1.82, 2.24) is 9.88 Å². The number of nitrogens with one attached hydrogen (secondary N) is 1. The van der Waals surface area contributed by atoms with Gasteiger partial charge in [-0.2, -0.15) is 0 Å². The van der Waals surface area contributed by atoms with E-state index in [1.54, 1.807) is 0 Å². The number of thioether (sulfide) groups is 1. The lowest BCUT2D eigenvalue weighted by molar-refractivity contribution is -0.141. The van der Waals surface area contributed by atoms with E-state index in [9.17, 15) is 9.59 Å². The van der Waals surface area contributed by atoms with Crippen molar-refractivity contribution in [2.45, 2.75) is 38.6 Å². The smallest absolute Gasteiger partial charge is 0.327 e. The maximum Gasteiger partial charge on any atom is 0.327 e. The number of carboxylic acid groups (broad SMARTS) is 1. The third-order valence-electron chi connectivity index (χ3n) is 3.18. The van der Waals surface area contributed by atoms with Crippen LogP contribution in [-0.4, -0.2) is 44.2 Å². The third kappa shape index (κ3) is 2.90. The first-order chi connectivity index (χ1) is 9.43. The predicted octanol–water partition coefficient (Wildman–Crippen LogP) is 2.39. The van der Waals surface area contributed by atoms with Crippen molar-refractivity contribution < 1.29 is 14.7 Å². The standard InChI is InChI=1S/C12H17N3O3S2/c1-4-8-6(2)20-11(13-8)14-12(18)15-7(3)19-5-9(15)10(16)17/h7,9H,4-5H2,1-3H3,(H,16,17)(H,13,14,18). The first-order valence-corrected chi connectivity index (χ1v) is 8.20. The molecule has 1 aromatic heterocycles. The van der Waals surface area contributed by atoms with Gasteiger partial charge in [0.1, 0.15) is 6.04 Å². The second-order valence-corrected chi connectivity index (χ2v) is 7.05. The van der Waals surface area contributed by atoms with E-state index in [0.717, 1.165) is 17.0 Å². The summed E-state index contributed by atoms with van der Waals surface area (Å²) in [5, 5.41) is 12.2. The Labute approximate surface area is 125 Å². The van der Waals surface area contributed by atoms with Crippen LogP contribution in [0.1, 0.15) is 24.4 Å². The summed E-state index contributed by atoms with van der Waals surface area (Å²) in [6.45, 7) is 5.80. The summed E-state index contributed by atoms with van der Waals surface area (Å²) in [6.07, 6.45) is 0.811. The molecule has 6 nitrogen and oxygen atoms in total. The first-order valence-electron chi connectivity index (χ1n) is 6.34. The van der Waals surface area contributed by atoms with Crippen LogP contribution in [0.4, 0.5) is 9.93 Å². The normalized spacial score (nSPS) is 22.1. The van der Waals surface area contributed by atoms with E-state index in [1.165, 1.54) is 28.0 Å². The van der Waals surface area contributed by atoms with Gasteiger partial charge in [-0.25, -0.2) is 14.6 Å². The molecule has 2 amide bonds. The molecule has 2 N–H and O–H groups in total. The molecule has 0 spiro atoms. The van der Waals surface area contributed by atoms with Crippen molar-refractivity contribution in [3.05, 3.63) is 10.6 Å². The quantitative estimate of drug-likeness (QED) is 0.895. The molecule has 1 aliphatic heterocycles. The highest BCUT2D eigenvalue weighted by Gasteiger charge is 2.39. The van der Waals surface area contributed by atoms with Crippen molar-refractivity contribution in [3.8, 4) is 0 Å². The maximum absolute atomic E-state index is 12.3. The first kappa shape index (κ1) is 15.1. The lowest BCUT2D eigenvalue weighted by Crippen LogP contribution is -2.46. The summed E-state index contributed by atoms with van der Waals surface area (Å²) in [5.74, 6) is -0.553. The molecule has 0 aromatic carbocycles. The van der Waals surface area contributed by atoms with Gasteiger partial charge in [-0.1, -0.05) is 6.92 Å². The molecule has 0 radical (unpaired) electrons. The fourth-order valence-corrected chi connectivity index (χ4v) is 4.17. The average molecular weight is 315 g/mol. The Hall–Kier alpha value is -1.28. The topological polar surface area (TPSA) is 82.5 Å². The van der Waals surface area contributed by atoms with E-state index >= 15 is 0 Å². The molecule has 110 valence electrons. The van der Waals surface area contributed by atoms with Crippen molar-refractivity contribution in [2.75, 3.05) is 11.1 Å². The molecule has 1 saturated heterocycles. The second-order valence-electron chi connectivity index (χ2n) is 4.50. The number of hydrogen-bond acceptors (Lipinski definition) is 5. The van der Waals surface area contributed by atoms with Crippen molar-refractivity contribution >= 4 is 40.2 Å². The molecule has 0 aliphatic carbocycles. The molecule has 2 atom stereocenters. The van der Waals surface area contributed by atoms with Gasteiger partial charge in [0.2, 0.25) is 0 Å². The number of anilines is 1. The van der Waals surface area contributed by atoms with Gasteiger partial charge >= 0.3 is 12.0 Å². The van der Waals surface area contributed by atoms with Gasteiger partial charge in [0.05, 0.1) is 11.1 Å². The number of amides is 2. The minimum atomic E-state index is -0.971. The molecule has 2 unspecified atom stereocenters. The summed E-state index contributed by atoms with van der Waals surface area (Å²) in [6, 6.07) is -1.17. The van der Waals surface area contributed by atoms with Gasteiger partial charge in [0.15, 0.2) is 5.13 Å². The number of carbonyl (C=O) groups is 2. The van der Waals surface area contributed by atoms with E-state index < -0.39 is 18.0 Å². The fourth-order valence-electron chi connectivity index (χ4n) is 2.11. The monoisotopic (exact) mass is 315 g/mol. The van der Waals surface area contributed by atoms with Gasteiger partial charge < -0.3 is 5.11 Å². The Morgan fingerprint density at radius 1 is 1.55 bits per heavy atom. The highest BCUT2D eigenvalue weighted by molar-refractivity contribution is 8.00. The molecule has 1 fully saturated rings. The van der Waals surface area contributed by atoms with E-state index in [-0.39, 0.29) is 5.37 Å². The molecular formula is C12H17N3O3S2. The van der Waals surface area contributed by atoms with Crippen LogP contribution in [0.5, 0.6) is 0 Å². The minimum absolute atomic E-state index is 0.150. The third-order valence-corrected chi connectivity index (χ3v) is 5.33. The van der Waals surface area contributed by atoms with Gasteiger partial charge in [0.25, 0.3) is 0 Å². The SMILES string of the molecule is CCc1nc(NC(=O)N2C(C)SCC2C(=O)O)sc1C. The van der Waals surface area contributed by atoms with E-state index in [2.05, 4.69) is 10.3 Å². The lowest BCUT2D eigenvalue weighted by atomic mass is 10.3. The van der Waals surface area contributed by atoms with Crippen molar-refractivity contribution in [3.63, 3.8) is 0 Å². The van der Waals surface area contributed by atoms with Crippen LogP contribution < -0.4 is 5.32 Å². The zero-order valence-electron chi connectivity index (χ0n) is 11.5. The average Bonchev–Trinajstić information content (AvgIpc) is 2.92. The molecule has 0 saturated carbocycles. The molecule has 20 heavy (non-hydrogen) atoms. The Bertz CT molecular complexity index is 532. The number of aliphatic carboxylic acids is 1. The number of carbonyl (C=O) groups excluding carboxylic acids is 1. The zero-order chi connectivity index (χ0) is 14.9. The minimum Gasteiger partial charge on any atom is -0.480 e. The number of thiazole rings is 1. The molecule has 1 aliphatic rings. The molecular weight excluding hydrogens is 298 g/mol. The molecule has 2 rings (SSSR count). The molecule has 0 bridgehead atoms. The number of urea groups is 1. The zero-order valence-corrected chi connectivity index (χ0v) is 13.2. The predicted molar refractivity (Wildman–Crippen MR) is 80.4 cm³/mol. The number of nitrogens with zero attached hydrogens (tertiary/aromatic N) is 2. The van der Waals surface area contributed by atoms with Crippen LogP contribution in [0.25, 0.3) is 0 Å². The number of aromatic nitrogens is 1. The lowest BCUT2D eigenvalue weighted by Gasteiger charge is -2.24. The van der Waals surface area contributed by atoms with E-state index in [1.807, 2.05) is 20.8 Å². The van der Waals surface area contributed by atoms with E-state index in [0.29, 0.717) is 10.9 Å². The Balaban J connectivity index is 2.12. The molecule has 1 aromatic rings. The Morgan fingerprint density at radius 2 is 2.25 bits per heavy atom.